The molecule has 1 atom stereocenters. The number of halogens is 2. The number of ether oxygens (including phenoxy) is 1. The van der Waals surface area contributed by atoms with Gasteiger partial charge < -0.3 is 9.64 Å². The Labute approximate surface area is 180 Å². The summed E-state index contributed by atoms with van der Waals surface area (Å²) in [5.41, 5.74) is 1.59. The van der Waals surface area contributed by atoms with Gasteiger partial charge in [0.2, 0.25) is 0 Å². The molecule has 0 aliphatic carbocycles. The molecule has 0 N–H and O–H groups in total. The standard InChI is InChI=1S/C21H24ClFN6O/c1-30-15-14-29-21(24-25-26-29)20(16-6-2-3-7-17(16)22)28-12-10-27(11-13-28)19-9-5-4-8-18(19)23/h2-9,20H,10-15H2,1H3/t20-/m0/s1. The van der Waals surface area contributed by atoms with Crippen molar-refractivity contribution in [1.82, 2.24) is 25.1 Å². The van der Waals surface area contributed by atoms with Crippen molar-refractivity contribution in [3.8, 4) is 0 Å². The molecular formula is C21H24ClFN6O. The lowest BCUT2D eigenvalue weighted by Gasteiger charge is -2.40. The van der Waals surface area contributed by atoms with Crippen LogP contribution < -0.4 is 4.90 Å². The topological polar surface area (TPSA) is 59.3 Å². The van der Waals surface area contributed by atoms with E-state index in [0.717, 1.165) is 24.5 Å². The normalized spacial score (nSPS) is 16.0. The number of tetrazole rings is 1. The van der Waals surface area contributed by atoms with Gasteiger partial charge in [0, 0.05) is 38.3 Å². The Hall–Kier alpha value is -2.55. The molecule has 0 saturated carbocycles. The Bertz CT molecular complexity index is 975. The summed E-state index contributed by atoms with van der Waals surface area (Å²) < 4.78 is 21.2. The van der Waals surface area contributed by atoms with E-state index in [-0.39, 0.29) is 11.9 Å². The summed E-state index contributed by atoms with van der Waals surface area (Å²) in [5, 5.41) is 13.0. The van der Waals surface area contributed by atoms with E-state index >= 15 is 0 Å². The van der Waals surface area contributed by atoms with Gasteiger partial charge in [0.15, 0.2) is 5.82 Å². The van der Waals surface area contributed by atoms with Crippen LogP contribution in [0.3, 0.4) is 0 Å². The van der Waals surface area contributed by atoms with Crippen LogP contribution in [0.2, 0.25) is 5.02 Å². The number of anilines is 1. The molecule has 1 aliphatic rings. The monoisotopic (exact) mass is 430 g/mol. The maximum atomic E-state index is 14.2. The van der Waals surface area contributed by atoms with Crippen LogP contribution in [0.15, 0.2) is 48.5 Å². The lowest BCUT2D eigenvalue weighted by Crippen LogP contribution is -2.48. The summed E-state index contributed by atoms with van der Waals surface area (Å²) in [6.07, 6.45) is 0. The zero-order valence-electron chi connectivity index (χ0n) is 16.8. The average molecular weight is 431 g/mol. The summed E-state index contributed by atoms with van der Waals surface area (Å²) in [6, 6.07) is 14.5. The minimum atomic E-state index is -0.201. The number of benzene rings is 2. The first-order valence-electron chi connectivity index (χ1n) is 9.92. The molecule has 1 saturated heterocycles. The predicted octanol–water partition coefficient (Wildman–Crippen LogP) is 3.02. The zero-order valence-corrected chi connectivity index (χ0v) is 17.5. The van der Waals surface area contributed by atoms with E-state index in [2.05, 4.69) is 25.3 Å². The van der Waals surface area contributed by atoms with E-state index in [9.17, 15) is 4.39 Å². The van der Waals surface area contributed by atoms with Crippen molar-refractivity contribution in [1.29, 1.82) is 0 Å². The molecular weight excluding hydrogens is 407 g/mol. The van der Waals surface area contributed by atoms with Gasteiger partial charge >= 0.3 is 0 Å². The lowest BCUT2D eigenvalue weighted by atomic mass is 10.0. The molecule has 0 amide bonds. The molecule has 4 rings (SSSR count). The summed E-state index contributed by atoms with van der Waals surface area (Å²) in [4.78, 5) is 4.37. The Morgan fingerprint density at radius 1 is 1.07 bits per heavy atom. The molecule has 9 heteroatoms. The van der Waals surface area contributed by atoms with Crippen LogP contribution in [0.5, 0.6) is 0 Å². The van der Waals surface area contributed by atoms with Crippen LogP contribution in [0.4, 0.5) is 10.1 Å². The molecule has 0 unspecified atom stereocenters. The number of nitrogens with zero attached hydrogens (tertiary/aromatic N) is 6. The van der Waals surface area contributed by atoms with Crippen molar-refractivity contribution in [2.75, 3.05) is 44.8 Å². The van der Waals surface area contributed by atoms with E-state index in [1.54, 1.807) is 17.9 Å². The smallest absolute Gasteiger partial charge is 0.173 e. The van der Waals surface area contributed by atoms with Crippen molar-refractivity contribution >= 4 is 17.3 Å². The Balaban J connectivity index is 1.61. The fourth-order valence-corrected chi connectivity index (χ4v) is 4.11. The van der Waals surface area contributed by atoms with Gasteiger partial charge in [0.1, 0.15) is 5.82 Å². The van der Waals surface area contributed by atoms with Gasteiger partial charge in [-0.3, -0.25) is 4.90 Å². The molecule has 30 heavy (non-hydrogen) atoms. The predicted molar refractivity (Wildman–Crippen MR) is 113 cm³/mol. The summed E-state index contributed by atoms with van der Waals surface area (Å²) in [7, 11) is 1.65. The zero-order chi connectivity index (χ0) is 20.9. The second-order valence-corrected chi connectivity index (χ2v) is 7.56. The van der Waals surface area contributed by atoms with Gasteiger partial charge in [-0.25, -0.2) is 9.07 Å². The average Bonchev–Trinajstić information content (AvgIpc) is 3.23. The molecule has 2 heterocycles. The molecule has 158 valence electrons. The van der Waals surface area contributed by atoms with Crippen molar-refractivity contribution in [3.63, 3.8) is 0 Å². The quantitative estimate of drug-likeness (QED) is 0.574. The highest BCUT2D eigenvalue weighted by Gasteiger charge is 2.32. The summed E-state index contributed by atoms with van der Waals surface area (Å²) >= 11 is 6.57. The van der Waals surface area contributed by atoms with Crippen LogP contribution >= 0.6 is 11.6 Å². The summed E-state index contributed by atoms with van der Waals surface area (Å²) in [6.45, 7) is 3.90. The van der Waals surface area contributed by atoms with Gasteiger partial charge in [-0.1, -0.05) is 41.9 Å². The molecule has 2 aromatic carbocycles. The molecule has 1 fully saturated rings. The maximum absolute atomic E-state index is 14.2. The number of piperazine rings is 1. The fourth-order valence-electron chi connectivity index (χ4n) is 3.87. The number of methoxy groups -OCH3 is 1. The van der Waals surface area contributed by atoms with Crippen LogP contribution in [0.1, 0.15) is 17.4 Å². The van der Waals surface area contributed by atoms with Gasteiger partial charge in [-0.15, -0.1) is 5.10 Å². The minimum Gasteiger partial charge on any atom is -0.383 e. The Morgan fingerprint density at radius 2 is 1.80 bits per heavy atom. The first-order chi connectivity index (χ1) is 14.7. The van der Waals surface area contributed by atoms with Gasteiger partial charge in [-0.2, -0.15) is 0 Å². The SMILES string of the molecule is COCCn1nnnc1[C@H](c1ccccc1Cl)N1CCN(c2ccccc2F)CC1. The molecule has 0 radical (unpaired) electrons. The first-order valence-corrected chi connectivity index (χ1v) is 10.3. The first kappa shape index (κ1) is 20.7. The van der Waals surface area contributed by atoms with E-state index in [0.29, 0.717) is 37.0 Å². The molecule has 0 spiro atoms. The third-order valence-corrected chi connectivity index (χ3v) is 5.73. The third kappa shape index (κ3) is 4.30. The van der Waals surface area contributed by atoms with E-state index in [4.69, 9.17) is 16.3 Å². The molecule has 7 nitrogen and oxygen atoms in total. The number of rotatable bonds is 7. The number of hydrogen-bond donors (Lipinski definition) is 0. The Kier molecular flexibility index (Phi) is 6.56. The van der Waals surface area contributed by atoms with Crippen LogP contribution in [0, 0.1) is 5.82 Å². The lowest BCUT2D eigenvalue weighted by molar-refractivity contribution is 0.171. The molecule has 0 bridgehead atoms. The van der Waals surface area contributed by atoms with Crippen molar-refractivity contribution in [2.24, 2.45) is 0 Å². The fraction of sp³-hybridized carbons (Fsp3) is 0.381. The highest BCUT2D eigenvalue weighted by Crippen LogP contribution is 2.33. The summed E-state index contributed by atoms with van der Waals surface area (Å²) in [5.74, 6) is 0.525. The van der Waals surface area contributed by atoms with Gasteiger partial charge in [0.05, 0.1) is 24.9 Å². The highest BCUT2D eigenvalue weighted by molar-refractivity contribution is 6.31. The van der Waals surface area contributed by atoms with E-state index < -0.39 is 0 Å². The third-order valence-electron chi connectivity index (χ3n) is 5.38. The molecule has 1 aliphatic heterocycles. The minimum absolute atomic E-state index is 0.197. The van der Waals surface area contributed by atoms with Gasteiger partial charge in [0.25, 0.3) is 0 Å². The van der Waals surface area contributed by atoms with Crippen LogP contribution in [0.25, 0.3) is 0 Å². The second-order valence-electron chi connectivity index (χ2n) is 7.15. The molecule has 1 aromatic heterocycles. The van der Waals surface area contributed by atoms with Crippen LogP contribution in [-0.4, -0.2) is 65.0 Å². The van der Waals surface area contributed by atoms with Gasteiger partial charge in [-0.05, 0) is 34.2 Å². The van der Waals surface area contributed by atoms with Crippen LogP contribution in [-0.2, 0) is 11.3 Å². The maximum Gasteiger partial charge on any atom is 0.173 e. The molecule has 3 aromatic rings. The second kappa shape index (κ2) is 9.51. The van der Waals surface area contributed by atoms with Crippen molar-refractivity contribution in [2.45, 2.75) is 12.6 Å². The van der Waals surface area contributed by atoms with E-state index in [1.165, 1.54) is 6.07 Å². The number of aromatic nitrogens is 4. The number of hydrogen-bond acceptors (Lipinski definition) is 6. The Morgan fingerprint density at radius 3 is 2.53 bits per heavy atom. The number of para-hydroxylation sites is 1. The highest BCUT2D eigenvalue weighted by atomic mass is 35.5. The van der Waals surface area contributed by atoms with Crippen molar-refractivity contribution in [3.05, 3.63) is 70.8 Å². The van der Waals surface area contributed by atoms with Crippen molar-refractivity contribution < 1.29 is 9.13 Å². The largest absolute Gasteiger partial charge is 0.383 e. The van der Waals surface area contributed by atoms with E-state index in [1.807, 2.05) is 36.4 Å².